The zero-order valence-electron chi connectivity index (χ0n) is 11.2. The Bertz CT molecular complexity index is 617. The van der Waals surface area contributed by atoms with Crippen molar-refractivity contribution in [1.82, 2.24) is 9.78 Å². The van der Waals surface area contributed by atoms with Crippen LogP contribution in [-0.2, 0) is 21.2 Å². The Labute approximate surface area is 117 Å². The van der Waals surface area contributed by atoms with Crippen molar-refractivity contribution in [2.24, 2.45) is 0 Å². The lowest BCUT2D eigenvalue weighted by molar-refractivity contribution is -0.137. The highest BCUT2D eigenvalue weighted by molar-refractivity contribution is 7.91. The normalized spacial score (nSPS) is 16.4. The van der Waals surface area contributed by atoms with Gasteiger partial charge in [-0.25, -0.2) is 13.1 Å². The highest BCUT2D eigenvalue weighted by Gasteiger charge is 2.28. The lowest BCUT2D eigenvalue weighted by Crippen LogP contribution is -2.31. The van der Waals surface area contributed by atoms with Crippen molar-refractivity contribution in [2.45, 2.75) is 30.7 Å². The molecule has 0 bridgehead atoms. The third kappa shape index (κ3) is 2.87. The van der Waals surface area contributed by atoms with Crippen LogP contribution in [0.3, 0.4) is 0 Å². The van der Waals surface area contributed by atoms with Gasteiger partial charge in [0.05, 0.1) is 0 Å². The Kier molecular flexibility index (Phi) is 3.89. The summed E-state index contributed by atoms with van der Waals surface area (Å²) in [7, 11) is -3.57. The summed E-state index contributed by atoms with van der Waals surface area (Å²) in [6.07, 6.45) is 4.05. The molecule has 1 aliphatic rings. The molecule has 0 atom stereocenters. The summed E-state index contributed by atoms with van der Waals surface area (Å²) in [6, 6.07) is 0. The van der Waals surface area contributed by atoms with Gasteiger partial charge in [0.15, 0.2) is 20.6 Å². The molecule has 1 aromatic rings. The second-order valence-electron chi connectivity index (χ2n) is 4.91. The molecule has 8 nitrogen and oxygen atoms in total. The van der Waals surface area contributed by atoms with Gasteiger partial charge in [0.1, 0.15) is 12.4 Å². The summed E-state index contributed by atoms with van der Waals surface area (Å²) in [4.78, 5) is 12.6. The number of aliphatic carboxylic acids is 1. The maximum Gasteiger partial charge on any atom is 0.325 e. The lowest BCUT2D eigenvalue weighted by Gasteiger charge is -2.27. The second kappa shape index (κ2) is 5.31. The van der Waals surface area contributed by atoms with Crippen LogP contribution in [0.25, 0.3) is 0 Å². The second-order valence-corrected chi connectivity index (χ2v) is 6.86. The molecule has 1 fully saturated rings. The van der Waals surface area contributed by atoms with Crippen LogP contribution in [-0.4, -0.2) is 48.6 Å². The number of anilines is 2. The van der Waals surface area contributed by atoms with Gasteiger partial charge in [0.25, 0.3) is 0 Å². The van der Waals surface area contributed by atoms with Gasteiger partial charge < -0.3 is 15.7 Å². The number of piperidine rings is 1. The molecule has 0 aromatic carbocycles. The van der Waals surface area contributed by atoms with Gasteiger partial charge in [-0.3, -0.25) is 4.79 Å². The summed E-state index contributed by atoms with van der Waals surface area (Å²) >= 11 is 0. The minimum absolute atomic E-state index is 0.0688. The summed E-state index contributed by atoms with van der Waals surface area (Å²) in [6.45, 7) is 0.945. The quantitative estimate of drug-likeness (QED) is 0.800. The minimum atomic E-state index is -3.57. The van der Waals surface area contributed by atoms with E-state index >= 15 is 0 Å². The third-order valence-corrected chi connectivity index (χ3v) is 4.37. The number of carboxylic acids is 1. The van der Waals surface area contributed by atoms with Crippen LogP contribution in [0.5, 0.6) is 0 Å². The average Bonchev–Trinajstić information content (AvgIpc) is 2.67. The first-order valence-corrected chi connectivity index (χ1v) is 8.23. The highest BCUT2D eigenvalue weighted by atomic mass is 32.2. The Morgan fingerprint density at radius 2 is 1.95 bits per heavy atom. The molecule has 3 N–H and O–H groups in total. The van der Waals surface area contributed by atoms with Crippen molar-refractivity contribution >= 4 is 27.4 Å². The Hall–Kier alpha value is -1.77. The van der Waals surface area contributed by atoms with E-state index in [9.17, 15) is 13.2 Å². The largest absolute Gasteiger partial charge is 0.480 e. The van der Waals surface area contributed by atoms with E-state index in [4.69, 9.17) is 10.8 Å². The number of carboxylic acid groups (broad SMARTS) is 1. The smallest absolute Gasteiger partial charge is 0.325 e. The topological polar surface area (TPSA) is 119 Å². The van der Waals surface area contributed by atoms with Gasteiger partial charge in [-0.1, -0.05) is 0 Å². The van der Waals surface area contributed by atoms with Gasteiger partial charge in [0, 0.05) is 19.3 Å². The first-order valence-electron chi connectivity index (χ1n) is 6.34. The van der Waals surface area contributed by atoms with E-state index < -0.39 is 22.4 Å². The molecule has 1 aromatic heterocycles. The van der Waals surface area contributed by atoms with E-state index in [1.54, 1.807) is 0 Å². The molecular weight excluding hydrogens is 284 g/mol. The molecular formula is C11H18N4O4S. The monoisotopic (exact) mass is 302 g/mol. The fourth-order valence-corrected chi connectivity index (χ4v) is 3.35. The molecule has 1 aliphatic heterocycles. The lowest BCUT2D eigenvalue weighted by atomic mass is 10.1. The van der Waals surface area contributed by atoms with Crippen LogP contribution in [0.15, 0.2) is 4.90 Å². The first kappa shape index (κ1) is 14.6. The maximum absolute atomic E-state index is 11.9. The van der Waals surface area contributed by atoms with Crippen LogP contribution >= 0.6 is 0 Å². The van der Waals surface area contributed by atoms with E-state index in [0.29, 0.717) is 13.1 Å². The van der Waals surface area contributed by atoms with Crippen molar-refractivity contribution in [1.29, 1.82) is 0 Å². The highest BCUT2D eigenvalue weighted by Crippen LogP contribution is 2.31. The third-order valence-electron chi connectivity index (χ3n) is 3.24. The number of nitrogens with two attached hydrogens (primary N) is 1. The number of rotatable bonds is 4. The van der Waals surface area contributed by atoms with Crippen molar-refractivity contribution in [3.8, 4) is 0 Å². The predicted octanol–water partition coefficient (Wildman–Crippen LogP) is -0.0563. The van der Waals surface area contributed by atoms with Crippen molar-refractivity contribution in [3.63, 3.8) is 0 Å². The van der Waals surface area contributed by atoms with Gasteiger partial charge in [-0.15, -0.1) is 0 Å². The van der Waals surface area contributed by atoms with E-state index in [-0.39, 0.29) is 16.5 Å². The Balaban J connectivity index is 2.50. The number of hydrogen-bond donors (Lipinski definition) is 2. The van der Waals surface area contributed by atoms with Crippen LogP contribution in [0.4, 0.5) is 11.6 Å². The van der Waals surface area contributed by atoms with Gasteiger partial charge in [-0.05, 0) is 19.3 Å². The molecule has 0 unspecified atom stereocenters. The molecule has 0 spiro atoms. The van der Waals surface area contributed by atoms with E-state index in [1.807, 2.05) is 4.90 Å². The first-order chi connectivity index (χ1) is 9.30. The molecule has 2 rings (SSSR count). The molecule has 0 aliphatic carbocycles. The van der Waals surface area contributed by atoms with Crippen LogP contribution in [0.1, 0.15) is 19.3 Å². The SMILES string of the molecule is CS(=O)(=O)c1c(N2CCCCC2)nn(CC(=O)O)c1N. The molecule has 1 saturated heterocycles. The predicted molar refractivity (Wildman–Crippen MR) is 73.4 cm³/mol. The van der Waals surface area contributed by atoms with Gasteiger partial charge in [0.2, 0.25) is 0 Å². The molecule has 112 valence electrons. The minimum Gasteiger partial charge on any atom is -0.480 e. The van der Waals surface area contributed by atoms with Gasteiger partial charge in [-0.2, -0.15) is 5.10 Å². The maximum atomic E-state index is 11.9. The fraction of sp³-hybridized carbons (Fsp3) is 0.636. The number of carbonyl (C=O) groups is 1. The zero-order valence-corrected chi connectivity index (χ0v) is 12.1. The average molecular weight is 302 g/mol. The Morgan fingerprint density at radius 3 is 2.45 bits per heavy atom. The van der Waals surface area contributed by atoms with E-state index in [2.05, 4.69) is 5.10 Å². The molecule has 0 radical (unpaired) electrons. The summed E-state index contributed by atoms with van der Waals surface area (Å²) < 4.78 is 24.8. The standard InChI is InChI=1S/C11H18N4O4S/c1-20(18,19)9-10(12)15(7-8(16)17)13-11(9)14-5-3-2-4-6-14/h2-7,12H2,1H3,(H,16,17). The number of nitrogens with zero attached hydrogens (tertiary/aromatic N) is 3. The number of hydrogen-bond acceptors (Lipinski definition) is 6. The molecule has 0 amide bonds. The number of nitrogen functional groups attached to an aromatic ring is 1. The molecule has 2 heterocycles. The molecule has 9 heteroatoms. The summed E-state index contributed by atoms with van der Waals surface area (Å²) in [5, 5.41) is 12.9. The summed E-state index contributed by atoms with van der Waals surface area (Å²) in [5.74, 6) is -0.967. The van der Waals surface area contributed by atoms with Crippen LogP contribution in [0.2, 0.25) is 0 Å². The molecule has 20 heavy (non-hydrogen) atoms. The Morgan fingerprint density at radius 1 is 1.35 bits per heavy atom. The van der Waals surface area contributed by atoms with E-state index in [1.165, 1.54) is 0 Å². The molecule has 0 saturated carbocycles. The fourth-order valence-electron chi connectivity index (χ4n) is 2.36. The van der Waals surface area contributed by atoms with Gasteiger partial charge >= 0.3 is 5.97 Å². The van der Waals surface area contributed by atoms with Crippen molar-refractivity contribution < 1.29 is 18.3 Å². The zero-order chi connectivity index (χ0) is 14.9. The van der Waals surface area contributed by atoms with Crippen LogP contribution < -0.4 is 10.6 Å². The number of sulfone groups is 1. The van der Waals surface area contributed by atoms with Crippen LogP contribution in [0, 0.1) is 0 Å². The summed E-state index contributed by atoms with van der Waals surface area (Å²) in [5.41, 5.74) is 5.78. The van der Waals surface area contributed by atoms with E-state index in [0.717, 1.165) is 30.2 Å². The van der Waals surface area contributed by atoms with Crippen molar-refractivity contribution in [3.05, 3.63) is 0 Å². The van der Waals surface area contributed by atoms with Crippen molar-refractivity contribution in [2.75, 3.05) is 30.0 Å². The number of aromatic nitrogens is 2.